The Balaban J connectivity index is 1.58. The number of imidazole rings is 1. The van der Waals surface area contributed by atoms with Gasteiger partial charge < -0.3 is 9.67 Å². The minimum atomic E-state index is -0.415. The second-order valence-corrected chi connectivity index (χ2v) is 6.14. The maximum Gasteiger partial charge on any atom is 0.126 e. The van der Waals surface area contributed by atoms with Crippen LogP contribution in [0.15, 0.2) is 36.8 Å². The number of aliphatic hydroxyl groups excluding tert-OH is 1. The molecular weight excluding hydrogens is 281 g/mol. The SMILES string of the molecule is Cn1cncc1CN1CC[C@H](Cc2ccccc2F)[C@@H](O)C1. The summed E-state index contributed by atoms with van der Waals surface area (Å²) in [5.41, 5.74) is 1.84. The lowest BCUT2D eigenvalue weighted by Gasteiger charge is -2.36. The molecule has 2 atom stereocenters. The van der Waals surface area contributed by atoms with Crippen LogP contribution in [0.5, 0.6) is 0 Å². The standard InChI is InChI=1S/C17H22FN3O/c1-20-12-19-9-15(20)10-21-7-6-14(17(22)11-21)8-13-4-2-3-5-16(13)18/h2-5,9,12,14,17,22H,6-8,10-11H2,1H3/t14-,17+/m1/s1. The van der Waals surface area contributed by atoms with Gasteiger partial charge in [-0.05, 0) is 36.9 Å². The monoisotopic (exact) mass is 303 g/mol. The van der Waals surface area contributed by atoms with Crippen LogP contribution in [-0.2, 0) is 20.0 Å². The molecule has 1 N–H and O–H groups in total. The van der Waals surface area contributed by atoms with Crippen LogP contribution in [0.25, 0.3) is 0 Å². The second kappa shape index (κ2) is 6.58. The molecule has 3 rings (SSSR count). The lowest BCUT2D eigenvalue weighted by atomic mass is 9.87. The first-order valence-electron chi connectivity index (χ1n) is 7.72. The molecule has 0 radical (unpaired) electrons. The number of aromatic nitrogens is 2. The molecule has 0 saturated carbocycles. The molecule has 1 aliphatic rings. The van der Waals surface area contributed by atoms with E-state index in [0.717, 1.165) is 25.2 Å². The van der Waals surface area contributed by atoms with Crippen molar-refractivity contribution in [1.82, 2.24) is 14.5 Å². The van der Waals surface area contributed by atoms with Crippen molar-refractivity contribution in [2.45, 2.75) is 25.5 Å². The van der Waals surface area contributed by atoms with E-state index < -0.39 is 6.10 Å². The summed E-state index contributed by atoms with van der Waals surface area (Å²) < 4.78 is 15.7. The molecule has 1 aliphatic heterocycles. The molecule has 0 aliphatic carbocycles. The number of piperidine rings is 1. The van der Waals surface area contributed by atoms with Crippen LogP contribution in [0.2, 0.25) is 0 Å². The van der Waals surface area contributed by atoms with E-state index in [1.165, 1.54) is 6.07 Å². The number of β-amino-alcohol motifs (C(OH)–C–C–N with tert-alkyl or cyclic N) is 1. The molecule has 2 heterocycles. The highest BCUT2D eigenvalue weighted by molar-refractivity contribution is 5.18. The number of nitrogens with zero attached hydrogens (tertiary/aromatic N) is 3. The summed E-state index contributed by atoms with van der Waals surface area (Å²) in [5, 5.41) is 10.4. The van der Waals surface area contributed by atoms with E-state index in [9.17, 15) is 9.50 Å². The van der Waals surface area contributed by atoms with Crippen LogP contribution >= 0.6 is 0 Å². The third kappa shape index (κ3) is 3.36. The van der Waals surface area contributed by atoms with Crippen LogP contribution in [-0.4, -0.2) is 38.8 Å². The number of aryl methyl sites for hydroxylation is 1. The van der Waals surface area contributed by atoms with E-state index >= 15 is 0 Å². The highest BCUT2D eigenvalue weighted by Crippen LogP contribution is 2.24. The molecule has 0 unspecified atom stereocenters. The van der Waals surface area contributed by atoms with Crippen LogP contribution in [0, 0.1) is 11.7 Å². The van der Waals surface area contributed by atoms with Gasteiger partial charge in [0.1, 0.15) is 5.82 Å². The van der Waals surface area contributed by atoms with Crippen molar-refractivity contribution in [2.75, 3.05) is 13.1 Å². The number of aliphatic hydroxyl groups is 1. The van der Waals surface area contributed by atoms with Gasteiger partial charge in [0.25, 0.3) is 0 Å². The zero-order valence-electron chi connectivity index (χ0n) is 12.8. The van der Waals surface area contributed by atoms with Crippen molar-refractivity contribution < 1.29 is 9.50 Å². The summed E-state index contributed by atoms with van der Waals surface area (Å²) in [6, 6.07) is 6.84. The third-order valence-corrected chi connectivity index (χ3v) is 4.55. The van der Waals surface area contributed by atoms with E-state index in [0.29, 0.717) is 18.5 Å². The molecule has 0 amide bonds. The highest BCUT2D eigenvalue weighted by Gasteiger charge is 2.28. The Morgan fingerprint density at radius 3 is 2.86 bits per heavy atom. The Labute approximate surface area is 130 Å². The summed E-state index contributed by atoms with van der Waals surface area (Å²) >= 11 is 0. The van der Waals surface area contributed by atoms with Crippen LogP contribution in [0.3, 0.4) is 0 Å². The van der Waals surface area contributed by atoms with Crippen molar-refractivity contribution >= 4 is 0 Å². The maximum absolute atomic E-state index is 13.7. The predicted octanol–water partition coefficient (Wildman–Crippen LogP) is 1.98. The molecule has 4 nitrogen and oxygen atoms in total. The van der Waals surface area contributed by atoms with E-state index in [4.69, 9.17) is 0 Å². The lowest BCUT2D eigenvalue weighted by Crippen LogP contribution is -2.44. The molecule has 22 heavy (non-hydrogen) atoms. The Kier molecular flexibility index (Phi) is 4.55. The first-order valence-corrected chi connectivity index (χ1v) is 7.72. The van der Waals surface area contributed by atoms with Crippen LogP contribution in [0.4, 0.5) is 4.39 Å². The van der Waals surface area contributed by atoms with Gasteiger partial charge in [0, 0.05) is 26.3 Å². The average molecular weight is 303 g/mol. The van der Waals surface area contributed by atoms with Gasteiger partial charge in [0.15, 0.2) is 0 Å². The molecule has 1 aromatic heterocycles. The van der Waals surface area contributed by atoms with E-state index in [2.05, 4.69) is 9.88 Å². The quantitative estimate of drug-likeness (QED) is 0.939. The summed E-state index contributed by atoms with van der Waals surface area (Å²) in [5.74, 6) is -0.0494. The molecule has 0 spiro atoms. The van der Waals surface area contributed by atoms with Gasteiger partial charge in [-0.3, -0.25) is 4.90 Å². The van der Waals surface area contributed by atoms with Crippen molar-refractivity contribution in [3.63, 3.8) is 0 Å². The Morgan fingerprint density at radius 2 is 2.18 bits per heavy atom. The fourth-order valence-corrected chi connectivity index (χ4v) is 3.14. The van der Waals surface area contributed by atoms with Crippen molar-refractivity contribution in [3.05, 3.63) is 53.9 Å². The second-order valence-electron chi connectivity index (χ2n) is 6.14. The lowest BCUT2D eigenvalue weighted by molar-refractivity contribution is 0.0177. The topological polar surface area (TPSA) is 41.3 Å². The number of benzene rings is 1. The Morgan fingerprint density at radius 1 is 1.36 bits per heavy atom. The molecule has 1 aromatic carbocycles. The van der Waals surface area contributed by atoms with Gasteiger partial charge in [0.2, 0.25) is 0 Å². The number of hydrogen-bond acceptors (Lipinski definition) is 3. The average Bonchev–Trinajstić information content (AvgIpc) is 2.89. The largest absolute Gasteiger partial charge is 0.391 e. The van der Waals surface area contributed by atoms with Gasteiger partial charge in [-0.2, -0.15) is 0 Å². The fraction of sp³-hybridized carbons (Fsp3) is 0.471. The number of halogens is 1. The van der Waals surface area contributed by atoms with Crippen LogP contribution < -0.4 is 0 Å². The number of rotatable bonds is 4. The third-order valence-electron chi connectivity index (χ3n) is 4.55. The zero-order chi connectivity index (χ0) is 15.5. The van der Waals surface area contributed by atoms with E-state index in [1.54, 1.807) is 12.4 Å². The molecule has 5 heteroatoms. The van der Waals surface area contributed by atoms with Gasteiger partial charge in [-0.25, -0.2) is 9.37 Å². The summed E-state index contributed by atoms with van der Waals surface area (Å²) in [6.07, 6.45) is 4.72. The van der Waals surface area contributed by atoms with Crippen LogP contribution in [0.1, 0.15) is 17.7 Å². The van der Waals surface area contributed by atoms with Crippen molar-refractivity contribution in [1.29, 1.82) is 0 Å². The minimum absolute atomic E-state index is 0.125. The van der Waals surface area contributed by atoms with Gasteiger partial charge in [0.05, 0.1) is 18.1 Å². The Hall–Kier alpha value is -1.72. The molecular formula is C17H22FN3O. The predicted molar refractivity (Wildman–Crippen MR) is 82.7 cm³/mol. The number of likely N-dealkylation sites (tertiary alicyclic amines) is 1. The van der Waals surface area contributed by atoms with Crippen molar-refractivity contribution in [2.24, 2.45) is 13.0 Å². The molecule has 1 fully saturated rings. The molecule has 0 bridgehead atoms. The first-order chi connectivity index (χ1) is 10.6. The fourth-order valence-electron chi connectivity index (χ4n) is 3.14. The summed E-state index contributed by atoms with van der Waals surface area (Å²) in [7, 11) is 1.98. The normalized spacial score (nSPS) is 22.9. The molecule has 118 valence electrons. The summed E-state index contributed by atoms with van der Waals surface area (Å²) in [4.78, 5) is 6.35. The van der Waals surface area contributed by atoms with Gasteiger partial charge in [-0.1, -0.05) is 18.2 Å². The number of hydrogen-bond donors (Lipinski definition) is 1. The van der Waals surface area contributed by atoms with Crippen molar-refractivity contribution in [3.8, 4) is 0 Å². The maximum atomic E-state index is 13.7. The van der Waals surface area contributed by atoms with E-state index in [1.807, 2.05) is 29.9 Å². The highest BCUT2D eigenvalue weighted by atomic mass is 19.1. The minimum Gasteiger partial charge on any atom is -0.391 e. The van der Waals surface area contributed by atoms with E-state index in [-0.39, 0.29) is 11.7 Å². The Bertz CT molecular complexity index is 628. The van der Waals surface area contributed by atoms with Gasteiger partial charge in [-0.15, -0.1) is 0 Å². The van der Waals surface area contributed by atoms with Gasteiger partial charge >= 0.3 is 0 Å². The molecule has 2 aromatic rings. The first kappa shape index (κ1) is 15.2. The summed E-state index contributed by atoms with van der Waals surface area (Å²) in [6.45, 7) is 2.34. The smallest absolute Gasteiger partial charge is 0.126 e. The zero-order valence-corrected chi connectivity index (χ0v) is 12.8. The molecule has 1 saturated heterocycles.